The van der Waals surface area contributed by atoms with Crippen molar-refractivity contribution < 1.29 is 18.0 Å². The van der Waals surface area contributed by atoms with Gasteiger partial charge in [0.1, 0.15) is 0 Å². The summed E-state index contributed by atoms with van der Waals surface area (Å²) in [4.78, 5) is 17.5. The number of aryl methyl sites for hydroxylation is 1. The topological polar surface area (TPSA) is 59.8 Å². The minimum atomic E-state index is -4.62. The number of benzene rings is 2. The van der Waals surface area contributed by atoms with Crippen molar-refractivity contribution in [3.8, 4) is 0 Å². The molecule has 146 valence electrons. The lowest BCUT2D eigenvalue weighted by molar-refractivity contribution is -0.137. The molecule has 1 heterocycles. The molecule has 0 unspecified atom stereocenters. The van der Waals surface area contributed by atoms with Crippen molar-refractivity contribution in [1.29, 1.82) is 0 Å². The number of aromatic nitrogens is 3. The van der Waals surface area contributed by atoms with E-state index in [0.717, 1.165) is 12.1 Å². The van der Waals surface area contributed by atoms with Gasteiger partial charge in [-0.25, -0.2) is 4.68 Å². The normalized spacial score (nSPS) is 11.5. The molecular formula is C18H14BrF3N4OS. The van der Waals surface area contributed by atoms with Crippen molar-refractivity contribution in [2.45, 2.75) is 29.7 Å². The first kappa shape index (κ1) is 20.4. The molecule has 1 aromatic heterocycles. The Labute approximate surface area is 171 Å². The number of halogens is 4. The second-order valence-electron chi connectivity index (χ2n) is 5.57. The van der Waals surface area contributed by atoms with E-state index in [1.165, 1.54) is 23.9 Å². The second-order valence-corrected chi connectivity index (χ2v) is 7.29. The molecule has 1 amide bonds. The molecule has 3 rings (SSSR count). The molecule has 0 atom stereocenters. The number of carbonyl (C=O) groups excluding carboxylic acids is 1. The number of alkyl halides is 3. The summed E-state index contributed by atoms with van der Waals surface area (Å²) in [5.41, 5.74) is -1.03. The Morgan fingerprint density at radius 3 is 2.57 bits per heavy atom. The molecule has 1 N–H and O–H groups in total. The third-order valence-corrected chi connectivity index (χ3v) is 5.12. The summed E-state index contributed by atoms with van der Waals surface area (Å²) < 4.78 is 41.7. The van der Waals surface area contributed by atoms with Crippen molar-refractivity contribution in [1.82, 2.24) is 14.8 Å². The maximum atomic E-state index is 13.2. The third-order valence-electron chi connectivity index (χ3n) is 3.73. The predicted octanol–water partition coefficient (Wildman–Crippen LogP) is 5.48. The quantitative estimate of drug-likeness (QED) is 0.535. The molecule has 2 aromatic carbocycles. The summed E-state index contributed by atoms with van der Waals surface area (Å²) in [7, 11) is 0. The Balaban J connectivity index is 1.89. The minimum absolute atomic E-state index is 0.385. The number of hydrogen-bond donors (Lipinski definition) is 1. The molecule has 0 saturated carbocycles. The monoisotopic (exact) mass is 470 g/mol. The molecule has 0 bridgehead atoms. The van der Waals surface area contributed by atoms with Crippen LogP contribution in [0.5, 0.6) is 0 Å². The number of carbonyl (C=O) groups is 1. The van der Waals surface area contributed by atoms with Crippen molar-refractivity contribution >= 4 is 39.3 Å². The zero-order valence-electron chi connectivity index (χ0n) is 14.5. The first-order chi connectivity index (χ1) is 13.3. The summed E-state index contributed by atoms with van der Waals surface area (Å²) in [5.74, 6) is -0.834. The van der Waals surface area contributed by atoms with Gasteiger partial charge in [-0.05, 0) is 58.9 Å². The van der Waals surface area contributed by atoms with Gasteiger partial charge in [0.2, 0.25) is 4.73 Å². The number of nitrogens with zero attached hydrogens (tertiary/aromatic N) is 3. The van der Waals surface area contributed by atoms with Crippen LogP contribution in [0.3, 0.4) is 0 Å². The second kappa shape index (κ2) is 8.36. The van der Waals surface area contributed by atoms with Crippen LogP contribution in [-0.2, 0) is 12.7 Å². The molecule has 28 heavy (non-hydrogen) atoms. The van der Waals surface area contributed by atoms with Gasteiger partial charge in [0.15, 0.2) is 5.16 Å². The maximum Gasteiger partial charge on any atom is 0.417 e. The van der Waals surface area contributed by atoms with Crippen LogP contribution in [0.1, 0.15) is 22.8 Å². The molecule has 3 aromatic rings. The van der Waals surface area contributed by atoms with Crippen LogP contribution >= 0.6 is 27.7 Å². The summed E-state index contributed by atoms with van der Waals surface area (Å²) in [5, 5.41) is 7.36. The van der Waals surface area contributed by atoms with E-state index >= 15 is 0 Å². The zero-order chi connectivity index (χ0) is 20.3. The lowest BCUT2D eigenvalue weighted by Crippen LogP contribution is -2.18. The Morgan fingerprint density at radius 1 is 1.18 bits per heavy atom. The summed E-state index contributed by atoms with van der Waals surface area (Å²) in [6.07, 6.45) is -4.62. The standard InChI is InChI=1S/C18H14BrF3N4OS/c1-2-26-17(24-16(19)25-26)28-14-10-6-5-9-13(14)23-15(27)11-7-3-4-8-12(11)18(20,21)22/h3-10H,2H2,1H3,(H,23,27). The van der Waals surface area contributed by atoms with Gasteiger partial charge in [0.05, 0.1) is 16.8 Å². The zero-order valence-corrected chi connectivity index (χ0v) is 16.9. The molecule has 0 aliphatic rings. The first-order valence-corrected chi connectivity index (χ1v) is 9.75. The largest absolute Gasteiger partial charge is 0.417 e. The Hall–Kier alpha value is -2.33. The van der Waals surface area contributed by atoms with Crippen LogP contribution in [0, 0.1) is 0 Å². The van der Waals surface area contributed by atoms with Crippen LogP contribution < -0.4 is 5.32 Å². The maximum absolute atomic E-state index is 13.2. The number of anilines is 1. The lowest BCUT2D eigenvalue weighted by Gasteiger charge is -2.14. The van der Waals surface area contributed by atoms with Gasteiger partial charge in [-0.15, -0.1) is 5.10 Å². The van der Waals surface area contributed by atoms with Gasteiger partial charge >= 0.3 is 6.18 Å². The molecule has 5 nitrogen and oxygen atoms in total. The van der Waals surface area contributed by atoms with E-state index in [1.807, 2.05) is 6.92 Å². The van der Waals surface area contributed by atoms with Crippen LogP contribution in [0.15, 0.2) is 63.3 Å². The number of amides is 1. The SMILES string of the molecule is CCn1nc(Br)nc1Sc1ccccc1NC(=O)c1ccccc1C(F)(F)F. The van der Waals surface area contributed by atoms with E-state index in [1.54, 1.807) is 28.9 Å². The molecule has 0 spiro atoms. The molecular weight excluding hydrogens is 457 g/mol. The fourth-order valence-electron chi connectivity index (χ4n) is 2.46. The average molecular weight is 471 g/mol. The van der Waals surface area contributed by atoms with Gasteiger partial charge in [-0.2, -0.15) is 18.2 Å². The van der Waals surface area contributed by atoms with Crippen LogP contribution in [0.2, 0.25) is 0 Å². The Bertz CT molecular complexity index is 1010. The summed E-state index contributed by atoms with van der Waals surface area (Å²) >= 11 is 4.48. The fourth-order valence-corrected chi connectivity index (χ4v) is 3.91. The molecule has 0 saturated heterocycles. The molecule has 0 radical (unpaired) electrons. The highest BCUT2D eigenvalue weighted by atomic mass is 79.9. The molecule has 0 aliphatic heterocycles. The van der Waals surface area contributed by atoms with Gasteiger partial charge < -0.3 is 5.32 Å². The highest BCUT2D eigenvalue weighted by Gasteiger charge is 2.34. The van der Waals surface area contributed by atoms with E-state index in [9.17, 15) is 18.0 Å². The lowest BCUT2D eigenvalue weighted by atomic mass is 10.1. The van der Waals surface area contributed by atoms with E-state index in [2.05, 4.69) is 31.3 Å². The minimum Gasteiger partial charge on any atom is -0.321 e. The highest BCUT2D eigenvalue weighted by molar-refractivity contribution is 9.10. The average Bonchev–Trinajstić information content (AvgIpc) is 3.02. The van der Waals surface area contributed by atoms with Crippen LogP contribution in [0.25, 0.3) is 0 Å². The third kappa shape index (κ3) is 4.56. The summed E-state index contributed by atoms with van der Waals surface area (Å²) in [6.45, 7) is 2.50. The van der Waals surface area contributed by atoms with E-state index < -0.39 is 23.2 Å². The van der Waals surface area contributed by atoms with Crippen molar-refractivity contribution in [2.24, 2.45) is 0 Å². The van der Waals surface area contributed by atoms with Gasteiger partial charge in [-0.1, -0.05) is 24.3 Å². The van der Waals surface area contributed by atoms with Crippen LogP contribution in [0.4, 0.5) is 18.9 Å². The van der Waals surface area contributed by atoms with Gasteiger partial charge in [-0.3, -0.25) is 4.79 Å². The fraction of sp³-hybridized carbons (Fsp3) is 0.167. The van der Waals surface area contributed by atoms with Crippen molar-refractivity contribution in [3.05, 3.63) is 64.4 Å². The first-order valence-electron chi connectivity index (χ1n) is 8.14. The van der Waals surface area contributed by atoms with E-state index in [-0.39, 0.29) is 0 Å². The molecule has 0 fully saturated rings. The predicted molar refractivity (Wildman–Crippen MR) is 103 cm³/mol. The Morgan fingerprint density at radius 2 is 1.86 bits per heavy atom. The van der Waals surface area contributed by atoms with Crippen molar-refractivity contribution in [3.63, 3.8) is 0 Å². The van der Waals surface area contributed by atoms with E-state index in [0.29, 0.717) is 27.0 Å². The molecule has 10 heteroatoms. The van der Waals surface area contributed by atoms with Crippen molar-refractivity contribution in [2.75, 3.05) is 5.32 Å². The van der Waals surface area contributed by atoms with E-state index in [4.69, 9.17) is 0 Å². The molecule has 0 aliphatic carbocycles. The highest BCUT2D eigenvalue weighted by Crippen LogP contribution is 2.35. The number of rotatable bonds is 5. The van der Waals surface area contributed by atoms with Crippen LogP contribution in [-0.4, -0.2) is 20.7 Å². The summed E-state index contributed by atoms with van der Waals surface area (Å²) in [6, 6.07) is 11.5. The van der Waals surface area contributed by atoms with Gasteiger partial charge in [0.25, 0.3) is 5.91 Å². The Kier molecular flexibility index (Phi) is 6.09. The number of hydrogen-bond acceptors (Lipinski definition) is 4. The van der Waals surface area contributed by atoms with Gasteiger partial charge in [0, 0.05) is 11.4 Å². The number of para-hydroxylation sites is 1. The smallest absolute Gasteiger partial charge is 0.321 e. The number of nitrogens with one attached hydrogen (secondary N) is 1.